The van der Waals surface area contributed by atoms with Crippen molar-refractivity contribution >= 4 is 33.7 Å². The molecule has 19 heavy (non-hydrogen) atoms. The lowest BCUT2D eigenvalue weighted by atomic mass is 10.2. The molecule has 1 aromatic carbocycles. The van der Waals surface area contributed by atoms with Gasteiger partial charge in [0.25, 0.3) is 0 Å². The van der Waals surface area contributed by atoms with Gasteiger partial charge in [0.05, 0.1) is 21.5 Å². The number of rotatable bonds is 6. The smallest absolute Gasteiger partial charge is 0.387 e. The molecule has 0 amide bonds. The lowest BCUT2D eigenvalue weighted by Gasteiger charge is -2.14. The third-order valence-corrected chi connectivity index (χ3v) is 3.77. The van der Waals surface area contributed by atoms with Crippen LogP contribution < -0.4 is 4.74 Å². The molecule has 0 heterocycles. The summed E-state index contributed by atoms with van der Waals surface area (Å²) in [6.45, 7) is 0.819. The fourth-order valence-corrected chi connectivity index (χ4v) is 2.86. The highest BCUT2D eigenvalue weighted by Gasteiger charge is 2.20. The molecule has 0 aromatic heterocycles. The highest BCUT2D eigenvalue weighted by atomic mass is 79.9. The summed E-state index contributed by atoms with van der Waals surface area (Å²) < 4.78 is 34.4. The minimum Gasteiger partial charge on any atom is -0.462 e. The van der Waals surface area contributed by atoms with Gasteiger partial charge in [0, 0.05) is 0 Å². The number of hydrogen-bond acceptors (Lipinski definition) is 4. The van der Waals surface area contributed by atoms with Gasteiger partial charge in [0.15, 0.2) is 5.75 Å². The summed E-state index contributed by atoms with van der Waals surface area (Å²) in [7, 11) is 0. The van der Waals surface area contributed by atoms with Crippen LogP contribution >= 0.6 is 27.7 Å². The van der Waals surface area contributed by atoms with Gasteiger partial charge in [0.1, 0.15) is 0 Å². The normalized spacial score (nSPS) is 10.6. The number of carbonyl (C=O) groups excluding carboxylic acids is 1. The Hall–Kier alpha value is -0.820. The Labute approximate surface area is 122 Å². The number of halogens is 3. The zero-order valence-electron chi connectivity index (χ0n) is 10.4. The van der Waals surface area contributed by atoms with Crippen LogP contribution in [-0.4, -0.2) is 24.9 Å². The van der Waals surface area contributed by atoms with Crippen molar-refractivity contribution < 1.29 is 23.0 Å². The number of alkyl halides is 2. The van der Waals surface area contributed by atoms with E-state index in [4.69, 9.17) is 4.74 Å². The van der Waals surface area contributed by atoms with E-state index in [9.17, 15) is 13.6 Å². The molecule has 0 aliphatic heterocycles. The highest BCUT2D eigenvalue weighted by molar-refractivity contribution is 9.10. The van der Waals surface area contributed by atoms with Crippen molar-refractivity contribution in [1.29, 1.82) is 0 Å². The van der Waals surface area contributed by atoms with Gasteiger partial charge in [-0.15, -0.1) is 11.8 Å². The molecule has 0 fully saturated rings. The Bertz CT molecular complexity index is 455. The fourth-order valence-electron chi connectivity index (χ4n) is 1.37. The fraction of sp³-hybridized carbons (Fsp3) is 0.417. The van der Waals surface area contributed by atoms with Gasteiger partial charge in [-0.2, -0.15) is 8.78 Å². The van der Waals surface area contributed by atoms with Gasteiger partial charge < -0.3 is 9.47 Å². The van der Waals surface area contributed by atoms with Crippen LogP contribution in [0.15, 0.2) is 21.5 Å². The Kier molecular flexibility index (Phi) is 6.57. The summed E-state index contributed by atoms with van der Waals surface area (Å²) in [5.74, 6) is 0.0825. The van der Waals surface area contributed by atoms with Crippen LogP contribution in [0, 0.1) is 0 Å². The van der Waals surface area contributed by atoms with E-state index in [2.05, 4.69) is 20.7 Å². The van der Waals surface area contributed by atoms with E-state index in [-0.39, 0.29) is 22.4 Å². The Morgan fingerprint density at radius 2 is 2.11 bits per heavy atom. The molecular formula is C12H13BrF2O3S. The lowest BCUT2D eigenvalue weighted by molar-refractivity contribution is -0.0523. The average molecular weight is 355 g/mol. The van der Waals surface area contributed by atoms with E-state index in [1.165, 1.54) is 17.8 Å². The maximum Gasteiger partial charge on any atom is 0.387 e. The molecule has 7 heteroatoms. The first-order chi connectivity index (χ1) is 9.01. The lowest BCUT2D eigenvalue weighted by Crippen LogP contribution is -2.09. The molecule has 0 spiro atoms. The molecule has 1 aromatic rings. The minimum absolute atomic E-state index is 0.0348. The number of ether oxygens (including phenoxy) is 2. The molecule has 0 aliphatic rings. The predicted octanol–water partition coefficient (Wildman–Crippen LogP) is 4.34. The van der Waals surface area contributed by atoms with Crippen LogP contribution in [0.4, 0.5) is 8.78 Å². The SMILES string of the molecule is CCOC(=O)c1ccc(SCC)c(OC(F)F)c1Br. The van der Waals surface area contributed by atoms with Crippen molar-refractivity contribution in [2.24, 2.45) is 0 Å². The van der Waals surface area contributed by atoms with E-state index in [1.807, 2.05) is 6.92 Å². The second kappa shape index (κ2) is 7.69. The largest absolute Gasteiger partial charge is 0.462 e. The second-order valence-corrected chi connectivity index (χ2v) is 5.39. The van der Waals surface area contributed by atoms with Crippen LogP contribution in [-0.2, 0) is 4.74 Å². The molecule has 0 aliphatic carbocycles. The molecule has 3 nitrogen and oxygen atoms in total. The molecule has 106 valence electrons. The van der Waals surface area contributed by atoms with Gasteiger partial charge in [-0.1, -0.05) is 6.92 Å². The van der Waals surface area contributed by atoms with Gasteiger partial charge in [0.2, 0.25) is 0 Å². The molecule has 0 atom stereocenters. The van der Waals surface area contributed by atoms with Gasteiger partial charge in [-0.25, -0.2) is 4.79 Å². The number of benzene rings is 1. The number of thioether (sulfide) groups is 1. The zero-order chi connectivity index (χ0) is 14.4. The molecule has 0 unspecified atom stereocenters. The quantitative estimate of drug-likeness (QED) is 0.562. The number of hydrogen-bond donors (Lipinski definition) is 0. The van der Waals surface area contributed by atoms with Crippen molar-refractivity contribution in [3.63, 3.8) is 0 Å². The molecule has 0 saturated heterocycles. The summed E-state index contributed by atoms with van der Waals surface area (Å²) in [5, 5.41) is 0. The second-order valence-electron chi connectivity index (χ2n) is 3.29. The molecule has 0 saturated carbocycles. The minimum atomic E-state index is -2.95. The predicted molar refractivity (Wildman–Crippen MR) is 73.1 cm³/mol. The van der Waals surface area contributed by atoms with Crippen molar-refractivity contribution in [3.8, 4) is 5.75 Å². The molecule has 0 bridgehead atoms. The maximum absolute atomic E-state index is 12.4. The monoisotopic (exact) mass is 354 g/mol. The molecule has 1 rings (SSSR count). The first-order valence-corrected chi connectivity index (χ1v) is 7.36. The summed E-state index contributed by atoms with van der Waals surface area (Å²) >= 11 is 4.48. The van der Waals surface area contributed by atoms with Gasteiger partial charge in [-0.3, -0.25) is 0 Å². The molecule has 0 radical (unpaired) electrons. The Morgan fingerprint density at radius 1 is 1.42 bits per heavy atom. The van der Waals surface area contributed by atoms with Crippen molar-refractivity contribution in [1.82, 2.24) is 0 Å². The summed E-state index contributed by atoms with van der Waals surface area (Å²) in [5.41, 5.74) is 0.165. The average Bonchev–Trinajstić information content (AvgIpc) is 2.34. The van der Waals surface area contributed by atoms with Crippen molar-refractivity contribution in [2.75, 3.05) is 12.4 Å². The zero-order valence-corrected chi connectivity index (χ0v) is 12.8. The standard InChI is InChI=1S/C12H13BrF2O3S/c1-3-17-11(16)7-5-6-8(19-4-2)10(9(7)13)18-12(14)15/h5-6,12H,3-4H2,1-2H3. The van der Waals surface area contributed by atoms with Crippen LogP contribution in [0.1, 0.15) is 24.2 Å². The van der Waals surface area contributed by atoms with Crippen LogP contribution in [0.3, 0.4) is 0 Å². The first kappa shape index (κ1) is 16.2. The Morgan fingerprint density at radius 3 is 2.63 bits per heavy atom. The van der Waals surface area contributed by atoms with E-state index >= 15 is 0 Å². The van der Waals surface area contributed by atoms with Crippen LogP contribution in [0.25, 0.3) is 0 Å². The topological polar surface area (TPSA) is 35.5 Å². The highest BCUT2D eigenvalue weighted by Crippen LogP contribution is 2.39. The third-order valence-electron chi connectivity index (χ3n) is 2.06. The van der Waals surface area contributed by atoms with Crippen molar-refractivity contribution in [3.05, 3.63) is 22.2 Å². The van der Waals surface area contributed by atoms with Crippen LogP contribution in [0.5, 0.6) is 5.75 Å². The van der Waals surface area contributed by atoms with E-state index < -0.39 is 12.6 Å². The molecule has 0 N–H and O–H groups in total. The van der Waals surface area contributed by atoms with Gasteiger partial charge in [-0.05, 0) is 40.7 Å². The Balaban J connectivity index is 3.20. The molecular weight excluding hydrogens is 342 g/mol. The van der Waals surface area contributed by atoms with Crippen molar-refractivity contribution in [2.45, 2.75) is 25.4 Å². The van der Waals surface area contributed by atoms with E-state index in [1.54, 1.807) is 13.0 Å². The van der Waals surface area contributed by atoms with Crippen LogP contribution in [0.2, 0.25) is 0 Å². The summed E-state index contributed by atoms with van der Waals surface area (Å²) in [6, 6.07) is 3.10. The van der Waals surface area contributed by atoms with E-state index in [0.29, 0.717) is 10.6 Å². The number of carbonyl (C=O) groups is 1. The first-order valence-electron chi connectivity index (χ1n) is 5.58. The van der Waals surface area contributed by atoms with Gasteiger partial charge >= 0.3 is 12.6 Å². The van der Waals surface area contributed by atoms with E-state index in [0.717, 1.165) is 0 Å². The maximum atomic E-state index is 12.4. The number of esters is 1. The summed E-state index contributed by atoms with van der Waals surface area (Å²) in [4.78, 5) is 12.2. The summed E-state index contributed by atoms with van der Waals surface area (Å²) in [6.07, 6.45) is 0. The third kappa shape index (κ3) is 4.35.